The molecule has 0 amide bonds. The van der Waals surface area contributed by atoms with Crippen LogP contribution in [0.3, 0.4) is 0 Å². The number of nitrogens with one attached hydrogen (secondary N) is 1. The molecule has 1 aliphatic heterocycles. The van der Waals surface area contributed by atoms with E-state index in [1.54, 1.807) is 0 Å². The van der Waals surface area contributed by atoms with Gasteiger partial charge in [0.2, 0.25) is 0 Å². The standard InChI is InChI=1S/C13H21N3/c1-15-16-9-7-13(11-14,8-10-16)12-5-3-2-4-6-12/h2-3,12,15H,4-10H2,1H3. The molecule has 1 fully saturated rings. The summed E-state index contributed by atoms with van der Waals surface area (Å²) in [5, 5.41) is 11.8. The molecule has 1 saturated heterocycles. The minimum atomic E-state index is -0.0574. The van der Waals surface area contributed by atoms with Crippen molar-refractivity contribution in [2.24, 2.45) is 11.3 Å². The molecule has 1 unspecified atom stereocenters. The second kappa shape index (κ2) is 4.99. The van der Waals surface area contributed by atoms with E-state index in [0.29, 0.717) is 5.92 Å². The van der Waals surface area contributed by atoms with Gasteiger partial charge in [-0.1, -0.05) is 12.2 Å². The highest BCUT2D eigenvalue weighted by Crippen LogP contribution is 2.43. The lowest BCUT2D eigenvalue weighted by Crippen LogP contribution is -2.47. The fraction of sp³-hybridized carbons (Fsp3) is 0.769. The fourth-order valence-corrected chi connectivity index (χ4v) is 3.04. The van der Waals surface area contributed by atoms with Gasteiger partial charge in [0.1, 0.15) is 0 Å². The van der Waals surface area contributed by atoms with Crippen LogP contribution in [0.15, 0.2) is 12.2 Å². The zero-order chi connectivity index (χ0) is 11.4. The molecule has 1 atom stereocenters. The van der Waals surface area contributed by atoms with E-state index in [1.807, 2.05) is 7.05 Å². The maximum atomic E-state index is 9.54. The molecule has 2 aliphatic rings. The van der Waals surface area contributed by atoms with Crippen LogP contribution in [0, 0.1) is 22.7 Å². The highest BCUT2D eigenvalue weighted by molar-refractivity contribution is 5.09. The first kappa shape index (κ1) is 11.6. The molecule has 2 rings (SSSR count). The molecule has 0 bridgehead atoms. The van der Waals surface area contributed by atoms with E-state index in [2.05, 4.69) is 28.7 Å². The summed E-state index contributed by atoms with van der Waals surface area (Å²) in [4.78, 5) is 0. The maximum Gasteiger partial charge on any atom is 0.0693 e. The largest absolute Gasteiger partial charge is 0.258 e. The number of rotatable bonds is 2. The highest BCUT2D eigenvalue weighted by Gasteiger charge is 2.41. The van der Waals surface area contributed by atoms with Gasteiger partial charge in [0, 0.05) is 13.1 Å². The third-order valence-corrected chi connectivity index (χ3v) is 4.25. The fourth-order valence-electron chi connectivity index (χ4n) is 3.04. The lowest BCUT2D eigenvalue weighted by atomic mass is 9.66. The second-order valence-corrected chi connectivity index (χ2v) is 4.96. The predicted octanol–water partition coefficient (Wildman–Crippen LogP) is 2.08. The summed E-state index contributed by atoms with van der Waals surface area (Å²) in [5.74, 6) is 0.585. The van der Waals surface area contributed by atoms with Crippen molar-refractivity contribution in [1.82, 2.24) is 10.4 Å². The Morgan fingerprint density at radius 1 is 1.38 bits per heavy atom. The van der Waals surface area contributed by atoms with Crippen LogP contribution in [-0.2, 0) is 0 Å². The van der Waals surface area contributed by atoms with Gasteiger partial charge in [-0.2, -0.15) is 5.26 Å². The Hall–Kier alpha value is -0.850. The molecular formula is C13H21N3. The molecule has 0 aromatic carbocycles. The van der Waals surface area contributed by atoms with Crippen molar-refractivity contribution in [3.8, 4) is 6.07 Å². The van der Waals surface area contributed by atoms with Gasteiger partial charge in [-0.25, -0.2) is 5.01 Å². The summed E-state index contributed by atoms with van der Waals surface area (Å²) >= 11 is 0. The normalized spacial score (nSPS) is 29.9. The molecule has 0 spiro atoms. The minimum Gasteiger partial charge on any atom is -0.258 e. The van der Waals surface area contributed by atoms with E-state index in [-0.39, 0.29) is 5.41 Å². The predicted molar refractivity (Wildman–Crippen MR) is 64.4 cm³/mol. The molecule has 88 valence electrons. The first-order valence-electron chi connectivity index (χ1n) is 6.29. The van der Waals surface area contributed by atoms with E-state index in [0.717, 1.165) is 38.8 Å². The Labute approximate surface area is 98.1 Å². The smallest absolute Gasteiger partial charge is 0.0693 e. The first-order valence-corrected chi connectivity index (χ1v) is 6.29. The molecule has 1 N–H and O–H groups in total. The molecule has 0 aromatic rings. The monoisotopic (exact) mass is 219 g/mol. The van der Waals surface area contributed by atoms with Gasteiger partial charge < -0.3 is 0 Å². The zero-order valence-corrected chi connectivity index (χ0v) is 10.1. The van der Waals surface area contributed by atoms with E-state index in [9.17, 15) is 5.26 Å². The van der Waals surface area contributed by atoms with Crippen molar-refractivity contribution >= 4 is 0 Å². The third kappa shape index (κ3) is 2.14. The minimum absolute atomic E-state index is 0.0574. The van der Waals surface area contributed by atoms with Crippen molar-refractivity contribution in [2.75, 3.05) is 20.1 Å². The van der Waals surface area contributed by atoms with Crippen LogP contribution in [0.4, 0.5) is 0 Å². The van der Waals surface area contributed by atoms with Gasteiger partial charge in [-0.15, -0.1) is 0 Å². The number of hydrogen-bond acceptors (Lipinski definition) is 3. The molecule has 16 heavy (non-hydrogen) atoms. The molecule has 3 heteroatoms. The lowest BCUT2D eigenvalue weighted by molar-refractivity contribution is 0.0650. The van der Waals surface area contributed by atoms with Gasteiger partial charge in [-0.05, 0) is 45.1 Å². The summed E-state index contributed by atoms with van der Waals surface area (Å²) in [6.45, 7) is 2.01. The molecule has 0 radical (unpaired) electrons. The van der Waals surface area contributed by atoms with Gasteiger partial charge in [-0.3, -0.25) is 5.43 Å². The van der Waals surface area contributed by atoms with Crippen LogP contribution in [0.25, 0.3) is 0 Å². The molecule has 3 nitrogen and oxygen atoms in total. The third-order valence-electron chi connectivity index (χ3n) is 4.25. The summed E-state index contributed by atoms with van der Waals surface area (Å²) < 4.78 is 0. The van der Waals surface area contributed by atoms with Crippen molar-refractivity contribution < 1.29 is 0 Å². The molecule has 0 aromatic heterocycles. The number of nitriles is 1. The molecule has 1 heterocycles. The van der Waals surface area contributed by atoms with Gasteiger partial charge in [0.15, 0.2) is 0 Å². The van der Waals surface area contributed by atoms with Gasteiger partial charge in [0.05, 0.1) is 11.5 Å². The van der Waals surface area contributed by atoms with E-state index in [4.69, 9.17) is 0 Å². The lowest BCUT2D eigenvalue weighted by Gasteiger charge is -2.42. The Morgan fingerprint density at radius 3 is 2.62 bits per heavy atom. The number of allylic oxidation sites excluding steroid dienone is 2. The van der Waals surface area contributed by atoms with Gasteiger partial charge in [0.25, 0.3) is 0 Å². The van der Waals surface area contributed by atoms with Crippen molar-refractivity contribution in [3.63, 3.8) is 0 Å². The topological polar surface area (TPSA) is 39.1 Å². The van der Waals surface area contributed by atoms with Crippen LogP contribution in [-0.4, -0.2) is 25.1 Å². The zero-order valence-electron chi connectivity index (χ0n) is 10.1. The maximum absolute atomic E-state index is 9.54. The molecule has 1 aliphatic carbocycles. The Balaban J connectivity index is 2.04. The van der Waals surface area contributed by atoms with E-state index < -0.39 is 0 Å². The Kier molecular flexibility index (Phi) is 3.63. The molecule has 0 saturated carbocycles. The molecular weight excluding hydrogens is 198 g/mol. The number of hydrazine groups is 1. The van der Waals surface area contributed by atoms with Crippen molar-refractivity contribution in [1.29, 1.82) is 5.26 Å². The Bertz CT molecular complexity index is 295. The van der Waals surface area contributed by atoms with Crippen LogP contribution in [0.1, 0.15) is 32.1 Å². The SMILES string of the molecule is CNN1CCC(C#N)(C2CC=CCC2)CC1. The average molecular weight is 219 g/mol. The van der Waals surface area contributed by atoms with Gasteiger partial charge >= 0.3 is 0 Å². The van der Waals surface area contributed by atoms with Crippen LogP contribution < -0.4 is 5.43 Å². The number of piperidine rings is 1. The van der Waals surface area contributed by atoms with E-state index in [1.165, 1.54) is 6.42 Å². The van der Waals surface area contributed by atoms with Crippen LogP contribution in [0.2, 0.25) is 0 Å². The van der Waals surface area contributed by atoms with Crippen LogP contribution >= 0.6 is 0 Å². The first-order chi connectivity index (χ1) is 7.80. The summed E-state index contributed by atoms with van der Waals surface area (Å²) in [5.41, 5.74) is 3.12. The van der Waals surface area contributed by atoms with Crippen LogP contribution in [0.5, 0.6) is 0 Å². The quantitative estimate of drug-likeness (QED) is 0.723. The average Bonchev–Trinajstić information content (AvgIpc) is 2.40. The summed E-state index contributed by atoms with van der Waals surface area (Å²) in [6, 6.07) is 2.64. The highest BCUT2D eigenvalue weighted by atomic mass is 15.5. The summed E-state index contributed by atoms with van der Waals surface area (Å²) in [6.07, 6.45) is 10.0. The van der Waals surface area contributed by atoms with E-state index >= 15 is 0 Å². The Morgan fingerprint density at radius 2 is 2.12 bits per heavy atom. The summed E-state index contributed by atoms with van der Waals surface area (Å²) in [7, 11) is 1.96. The number of nitrogens with zero attached hydrogens (tertiary/aromatic N) is 2. The number of hydrogen-bond donors (Lipinski definition) is 1. The second-order valence-electron chi connectivity index (χ2n) is 4.96. The van der Waals surface area contributed by atoms with Crippen molar-refractivity contribution in [3.05, 3.63) is 12.2 Å². The van der Waals surface area contributed by atoms with Crippen molar-refractivity contribution in [2.45, 2.75) is 32.1 Å².